The lowest BCUT2D eigenvalue weighted by Crippen LogP contribution is -2.27. The van der Waals surface area contributed by atoms with Gasteiger partial charge in [-0.1, -0.05) is 0 Å². The fourth-order valence-electron chi connectivity index (χ4n) is 2.17. The van der Waals surface area contributed by atoms with Crippen LogP contribution in [0.1, 0.15) is 6.42 Å². The molecule has 1 fully saturated rings. The number of hydrogen-bond donors (Lipinski definition) is 1. The Kier molecular flexibility index (Phi) is 3.84. The number of nitrogens with zero attached hydrogens (tertiary/aromatic N) is 1. The summed E-state index contributed by atoms with van der Waals surface area (Å²) in [5.74, 6) is -0.143. The maximum Gasteiger partial charge on any atom is 0.167 e. The molecule has 106 valence electrons. The van der Waals surface area contributed by atoms with Crippen molar-refractivity contribution in [3.8, 4) is 5.75 Å². The van der Waals surface area contributed by atoms with Gasteiger partial charge in [0.25, 0.3) is 0 Å². The second-order valence-corrected chi connectivity index (χ2v) is 6.84. The second kappa shape index (κ2) is 5.24. The van der Waals surface area contributed by atoms with Gasteiger partial charge in [0, 0.05) is 25.2 Å². The van der Waals surface area contributed by atoms with Crippen molar-refractivity contribution in [2.24, 2.45) is 0 Å². The van der Waals surface area contributed by atoms with E-state index in [1.54, 1.807) is 0 Å². The highest BCUT2D eigenvalue weighted by Crippen LogP contribution is 2.31. The summed E-state index contributed by atoms with van der Waals surface area (Å²) < 4.78 is 41.5. The zero-order valence-electron chi connectivity index (χ0n) is 10.7. The predicted molar refractivity (Wildman–Crippen MR) is 72.8 cm³/mol. The fraction of sp³-hybridized carbons (Fsp3) is 0.500. The molecule has 1 aromatic rings. The number of anilines is 2. The average molecular weight is 288 g/mol. The third-order valence-electron chi connectivity index (χ3n) is 3.20. The molecule has 0 aromatic heterocycles. The Bertz CT molecular complexity index is 575. The summed E-state index contributed by atoms with van der Waals surface area (Å²) in [4.78, 5) is 1.86. The van der Waals surface area contributed by atoms with Gasteiger partial charge in [-0.05, 0) is 6.42 Å². The lowest BCUT2D eigenvalue weighted by molar-refractivity contribution is 0.386. The van der Waals surface area contributed by atoms with Crippen molar-refractivity contribution in [2.75, 3.05) is 42.3 Å². The molecule has 0 aliphatic carbocycles. The Balaban J connectivity index is 2.31. The molecule has 1 aliphatic heterocycles. The second-order valence-electron chi connectivity index (χ2n) is 4.54. The van der Waals surface area contributed by atoms with Crippen LogP contribution in [0.3, 0.4) is 0 Å². The fourth-order valence-corrected chi connectivity index (χ4v) is 3.44. The summed E-state index contributed by atoms with van der Waals surface area (Å²) in [6.07, 6.45) is 0.543. The molecule has 1 saturated heterocycles. The van der Waals surface area contributed by atoms with Gasteiger partial charge in [-0.15, -0.1) is 0 Å². The van der Waals surface area contributed by atoms with Gasteiger partial charge in [-0.25, -0.2) is 12.8 Å². The van der Waals surface area contributed by atoms with E-state index in [1.807, 2.05) is 4.90 Å². The molecular formula is C12H17FN2O3S. The van der Waals surface area contributed by atoms with E-state index >= 15 is 0 Å². The predicted octanol–water partition coefficient (Wildman–Crippen LogP) is 1.04. The largest absolute Gasteiger partial charge is 0.494 e. The SMILES string of the molecule is COc1cc(N2CCCS(=O)(=O)CC2)c(N)cc1F. The molecule has 0 atom stereocenters. The first-order valence-corrected chi connectivity index (χ1v) is 7.83. The molecule has 0 radical (unpaired) electrons. The van der Waals surface area contributed by atoms with Gasteiger partial charge in [0.1, 0.15) is 0 Å². The van der Waals surface area contributed by atoms with E-state index in [1.165, 1.54) is 19.2 Å². The van der Waals surface area contributed by atoms with E-state index in [4.69, 9.17) is 10.5 Å². The minimum absolute atomic E-state index is 0.0894. The van der Waals surface area contributed by atoms with Crippen LogP contribution in [0.15, 0.2) is 12.1 Å². The van der Waals surface area contributed by atoms with Crippen LogP contribution < -0.4 is 15.4 Å². The molecule has 2 rings (SSSR count). The van der Waals surface area contributed by atoms with Crippen LogP contribution in [0, 0.1) is 5.82 Å². The number of halogens is 1. The Morgan fingerprint density at radius 1 is 1.32 bits per heavy atom. The molecule has 0 saturated carbocycles. The Morgan fingerprint density at radius 3 is 2.74 bits per heavy atom. The summed E-state index contributed by atoms with van der Waals surface area (Å²) in [6.45, 7) is 0.944. The molecule has 1 aromatic carbocycles. The van der Waals surface area contributed by atoms with E-state index in [9.17, 15) is 12.8 Å². The normalized spacial score (nSPS) is 18.9. The van der Waals surface area contributed by atoms with Crippen LogP contribution in [0.2, 0.25) is 0 Å². The van der Waals surface area contributed by atoms with E-state index in [2.05, 4.69) is 0 Å². The molecule has 0 bridgehead atoms. The van der Waals surface area contributed by atoms with Gasteiger partial charge in [-0.2, -0.15) is 0 Å². The standard InChI is InChI=1S/C12H17FN2O3S/c1-18-12-8-11(10(14)7-9(12)13)15-3-2-5-19(16,17)6-4-15/h7-8H,2-6,14H2,1H3. The molecule has 0 unspecified atom stereocenters. The summed E-state index contributed by atoms with van der Waals surface area (Å²) >= 11 is 0. The molecule has 2 N–H and O–H groups in total. The van der Waals surface area contributed by atoms with Crippen LogP contribution in [-0.4, -0.2) is 40.1 Å². The van der Waals surface area contributed by atoms with Crippen LogP contribution >= 0.6 is 0 Å². The van der Waals surface area contributed by atoms with Gasteiger partial charge < -0.3 is 15.4 Å². The maximum absolute atomic E-state index is 13.5. The Morgan fingerprint density at radius 2 is 2.05 bits per heavy atom. The zero-order chi connectivity index (χ0) is 14.0. The van der Waals surface area contributed by atoms with E-state index in [0.717, 1.165) is 0 Å². The van der Waals surface area contributed by atoms with Crippen molar-refractivity contribution in [3.05, 3.63) is 17.9 Å². The number of hydrogen-bond acceptors (Lipinski definition) is 5. The Hall–Kier alpha value is -1.50. The van der Waals surface area contributed by atoms with Crippen molar-refractivity contribution < 1.29 is 17.5 Å². The van der Waals surface area contributed by atoms with Crippen molar-refractivity contribution in [1.82, 2.24) is 0 Å². The van der Waals surface area contributed by atoms with Gasteiger partial charge in [0.2, 0.25) is 0 Å². The summed E-state index contributed by atoms with van der Waals surface area (Å²) in [5, 5.41) is 0. The topological polar surface area (TPSA) is 72.6 Å². The molecule has 1 aliphatic rings. The van der Waals surface area contributed by atoms with Gasteiger partial charge in [0.05, 0.1) is 30.0 Å². The Labute approximate surface area is 112 Å². The number of rotatable bonds is 2. The number of nitrogen functional groups attached to an aromatic ring is 1. The van der Waals surface area contributed by atoms with Crippen molar-refractivity contribution in [3.63, 3.8) is 0 Å². The van der Waals surface area contributed by atoms with Gasteiger partial charge in [0.15, 0.2) is 21.4 Å². The molecule has 1 heterocycles. The van der Waals surface area contributed by atoms with E-state index < -0.39 is 15.7 Å². The van der Waals surface area contributed by atoms with E-state index in [0.29, 0.717) is 25.2 Å². The highest BCUT2D eigenvalue weighted by molar-refractivity contribution is 7.91. The third-order valence-corrected chi connectivity index (χ3v) is 4.91. The summed E-state index contributed by atoms with van der Waals surface area (Å²) in [7, 11) is -1.60. The molecule has 0 spiro atoms. The van der Waals surface area contributed by atoms with Crippen LogP contribution in [0.4, 0.5) is 15.8 Å². The molecule has 19 heavy (non-hydrogen) atoms. The number of methoxy groups -OCH3 is 1. The van der Waals surface area contributed by atoms with Crippen molar-refractivity contribution in [2.45, 2.75) is 6.42 Å². The minimum Gasteiger partial charge on any atom is -0.494 e. The third kappa shape index (κ3) is 3.09. The maximum atomic E-state index is 13.5. The van der Waals surface area contributed by atoms with Crippen LogP contribution in [0.25, 0.3) is 0 Å². The summed E-state index contributed by atoms with van der Waals surface area (Å²) in [6, 6.07) is 2.72. The first kappa shape index (κ1) is 13.9. The van der Waals surface area contributed by atoms with Crippen molar-refractivity contribution in [1.29, 1.82) is 0 Å². The number of ether oxygens (including phenoxy) is 1. The molecule has 5 nitrogen and oxygen atoms in total. The number of sulfone groups is 1. The van der Waals surface area contributed by atoms with Crippen molar-refractivity contribution >= 4 is 21.2 Å². The lowest BCUT2D eigenvalue weighted by Gasteiger charge is -2.24. The summed E-state index contributed by atoms with van der Waals surface area (Å²) in [5.41, 5.74) is 6.72. The molecular weight excluding hydrogens is 271 g/mol. The highest BCUT2D eigenvalue weighted by atomic mass is 32.2. The first-order valence-electron chi connectivity index (χ1n) is 6.01. The van der Waals surface area contributed by atoms with Gasteiger partial charge >= 0.3 is 0 Å². The lowest BCUT2D eigenvalue weighted by atomic mass is 10.2. The van der Waals surface area contributed by atoms with E-state index in [-0.39, 0.29) is 22.9 Å². The van der Waals surface area contributed by atoms with Crippen LogP contribution in [-0.2, 0) is 9.84 Å². The molecule has 0 amide bonds. The smallest absolute Gasteiger partial charge is 0.167 e. The first-order chi connectivity index (χ1) is 8.93. The molecule has 7 heteroatoms. The highest BCUT2D eigenvalue weighted by Gasteiger charge is 2.21. The average Bonchev–Trinajstić information content (AvgIpc) is 2.51. The van der Waals surface area contributed by atoms with Crippen LogP contribution in [0.5, 0.6) is 5.75 Å². The zero-order valence-corrected chi connectivity index (χ0v) is 11.5. The monoisotopic (exact) mass is 288 g/mol. The minimum atomic E-state index is -2.98. The number of nitrogens with two attached hydrogens (primary N) is 1. The van der Waals surface area contributed by atoms with Gasteiger partial charge in [-0.3, -0.25) is 0 Å². The number of benzene rings is 1. The quantitative estimate of drug-likeness (QED) is 0.823.